The fraction of sp³-hybridized carbons (Fsp3) is 0.414. The minimum atomic E-state index is -0.367. The Morgan fingerprint density at radius 3 is 2.85 bits per heavy atom. The molecule has 4 heteroatoms. The van der Waals surface area contributed by atoms with E-state index in [0.717, 1.165) is 17.7 Å². The van der Waals surface area contributed by atoms with Crippen molar-refractivity contribution in [2.45, 2.75) is 51.8 Å². The fourth-order valence-corrected chi connectivity index (χ4v) is 6.51. The van der Waals surface area contributed by atoms with Crippen LogP contribution in [0.3, 0.4) is 0 Å². The molecule has 1 aromatic carbocycles. The molecule has 1 aliphatic heterocycles. The predicted molar refractivity (Wildman–Crippen MR) is 132 cm³/mol. The summed E-state index contributed by atoms with van der Waals surface area (Å²) in [6, 6.07) is 7.44. The molecule has 5 aliphatic rings. The van der Waals surface area contributed by atoms with Crippen LogP contribution in [0.25, 0.3) is 0 Å². The summed E-state index contributed by atoms with van der Waals surface area (Å²) < 4.78 is 6.07. The Kier molecular flexibility index (Phi) is 5.05. The van der Waals surface area contributed by atoms with Crippen molar-refractivity contribution in [3.63, 3.8) is 0 Å². The highest BCUT2D eigenvalue weighted by molar-refractivity contribution is 5.90. The van der Waals surface area contributed by atoms with Crippen LogP contribution in [0.5, 0.6) is 5.75 Å². The van der Waals surface area contributed by atoms with Crippen LogP contribution in [0.4, 0.5) is 0 Å². The normalized spacial score (nSPS) is 32.0. The number of rotatable bonds is 3. The zero-order valence-electron chi connectivity index (χ0n) is 19.4. The first-order valence-electron chi connectivity index (χ1n) is 12.4. The van der Waals surface area contributed by atoms with Crippen molar-refractivity contribution < 1.29 is 9.84 Å². The lowest BCUT2D eigenvalue weighted by atomic mass is 9.56. The van der Waals surface area contributed by atoms with Crippen LogP contribution < -0.4 is 5.32 Å². The third-order valence-corrected chi connectivity index (χ3v) is 7.82. The second kappa shape index (κ2) is 8.09. The third-order valence-electron chi connectivity index (χ3n) is 7.82. The quantitative estimate of drug-likeness (QED) is 0.596. The van der Waals surface area contributed by atoms with Gasteiger partial charge in [0.1, 0.15) is 5.75 Å². The number of nitrogens with zero attached hydrogens (tertiary/aromatic N) is 1. The molecule has 0 spiro atoms. The molecule has 4 nitrogen and oxygen atoms in total. The van der Waals surface area contributed by atoms with Crippen molar-refractivity contribution in [1.29, 1.82) is 0 Å². The van der Waals surface area contributed by atoms with Gasteiger partial charge in [0.05, 0.1) is 6.10 Å². The highest BCUT2D eigenvalue weighted by Crippen LogP contribution is 2.55. The van der Waals surface area contributed by atoms with Crippen LogP contribution in [0, 0.1) is 23.7 Å². The van der Waals surface area contributed by atoms with Crippen LogP contribution >= 0.6 is 0 Å². The van der Waals surface area contributed by atoms with Crippen LogP contribution in [0.15, 0.2) is 88.1 Å². The van der Waals surface area contributed by atoms with Crippen molar-refractivity contribution in [2.24, 2.45) is 28.7 Å². The van der Waals surface area contributed by atoms with Crippen LogP contribution in [0.1, 0.15) is 51.3 Å². The molecule has 2 N–H and O–H groups in total. The summed E-state index contributed by atoms with van der Waals surface area (Å²) in [5.74, 6) is 3.29. The molecule has 0 aromatic heterocycles. The van der Waals surface area contributed by atoms with E-state index in [2.05, 4.69) is 41.8 Å². The van der Waals surface area contributed by atoms with E-state index < -0.39 is 0 Å². The molecule has 1 heterocycles. The van der Waals surface area contributed by atoms with Crippen molar-refractivity contribution in [3.8, 4) is 5.75 Å². The molecule has 33 heavy (non-hydrogen) atoms. The van der Waals surface area contributed by atoms with Crippen molar-refractivity contribution in [2.75, 3.05) is 0 Å². The van der Waals surface area contributed by atoms with Gasteiger partial charge in [-0.1, -0.05) is 54.2 Å². The maximum atomic E-state index is 10.5. The Balaban J connectivity index is 1.38. The minimum Gasteiger partial charge on any atom is -0.508 e. The summed E-state index contributed by atoms with van der Waals surface area (Å²) >= 11 is 0. The van der Waals surface area contributed by atoms with Crippen LogP contribution in [-0.4, -0.2) is 17.1 Å². The first-order valence-corrected chi connectivity index (χ1v) is 12.4. The minimum absolute atomic E-state index is 0.0368. The highest BCUT2D eigenvalue weighted by Gasteiger charge is 2.45. The van der Waals surface area contributed by atoms with Gasteiger partial charge < -0.3 is 15.2 Å². The van der Waals surface area contributed by atoms with E-state index in [-0.39, 0.29) is 18.0 Å². The van der Waals surface area contributed by atoms with E-state index in [1.807, 2.05) is 32.0 Å². The van der Waals surface area contributed by atoms with E-state index in [4.69, 9.17) is 9.73 Å². The lowest BCUT2D eigenvalue weighted by molar-refractivity contribution is 0.219. The molecule has 5 atom stereocenters. The van der Waals surface area contributed by atoms with Gasteiger partial charge in [0.2, 0.25) is 5.90 Å². The Hall–Kier alpha value is -3.01. The summed E-state index contributed by atoms with van der Waals surface area (Å²) in [5, 5.41) is 14.2. The fourth-order valence-electron chi connectivity index (χ4n) is 6.51. The van der Waals surface area contributed by atoms with Gasteiger partial charge in [0.15, 0.2) is 6.17 Å². The van der Waals surface area contributed by atoms with E-state index in [1.165, 1.54) is 30.4 Å². The monoisotopic (exact) mass is 440 g/mol. The number of nitrogens with one attached hydrogen (secondary N) is 1. The van der Waals surface area contributed by atoms with E-state index in [9.17, 15) is 5.11 Å². The van der Waals surface area contributed by atoms with Crippen molar-refractivity contribution >= 4 is 5.90 Å². The number of aliphatic imine (C=N–C) groups is 1. The molecule has 170 valence electrons. The molecule has 0 bridgehead atoms. The molecular formula is C29H32N2O2. The maximum absolute atomic E-state index is 10.5. The Morgan fingerprint density at radius 1 is 1.12 bits per heavy atom. The van der Waals surface area contributed by atoms with Crippen LogP contribution in [-0.2, 0) is 4.74 Å². The largest absolute Gasteiger partial charge is 0.508 e. The Morgan fingerprint density at radius 2 is 2.00 bits per heavy atom. The number of hydrogen-bond acceptors (Lipinski definition) is 4. The number of phenolic OH excluding ortho intramolecular Hbond substituents is 1. The predicted octanol–water partition coefficient (Wildman–Crippen LogP) is 6.12. The van der Waals surface area contributed by atoms with Gasteiger partial charge in [0.25, 0.3) is 0 Å². The lowest BCUT2D eigenvalue weighted by Crippen LogP contribution is -2.40. The van der Waals surface area contributed by atoms with Crippen molar-refractivity contribution in [1.82, 2.24) is 5.32 Å². The molecule has 1 fully saturated rings. The molecule has 4 aliphatic carbocycles. The first-order chi connectivity index (χ1) is 16.1. The summed E-state index contributed by atoms with van der Waals surface area (Å²) in [6.45, 7) is 4.05. The SMILES string of the molecule is CC(C)OC1=NC(c2ccccc2O)NC(C2=CCC3C=CC4=C5C(CC=C4)CCC2C53)=C1. The van der Waals surface area contributed by atoms with E-state index >= 15 is 0 Å². The molecule has 5 unspecified atom stereocenters. The molecule has 0 amide bonds. The standard InChI is InChI=1S/C29H32N2O2/c1-17(2)33-26-16-24(30-29(31-26)23-8-3-4-9-25(23)32)21-14-12-20-11-10-18-6-5-7-19-13-15-22(21)28(20)27(18)19/h3-6,8-11,14,16-17,19-20,22,28-30,32H,7,12-13,15H2,1-2H3. The molecular weight excluding hydrogens is 408 g/mol. The van der Waals surface area contributed by atoms with Gasteiger partial charge in [-0.05, 0) is 80.4 Å². The van der Waals surface area contributed by atoms with Gasteiger partial charge in [-0.3, -0.25) is 0 Å². The second-order valence-corrected chi connectivity index (χ2v) is 10.2. The first kappa shape index (κ1) is 20.6. The lowest BCUT2D eigenvalue weighted by Gasteiger charge is -2.49. The molecule has 1 aromatic rings. The van der Waals surface area contributed by atoms with Gasteiger partial charge in [-0.25, -0.2) is 4.99 Å². The zero-order chi connectivity index (χ0) is 22.5. The Labute approximate surface area is 196 Å². The smallest absolute Gasteiger partial charge is 0.213 e. The number of aromatic hydroxyl groups is 1. The number of hydrogen-bond donors (Lipinski definition) is 2. The summed E-state index contributed by atoms with van der Waals surface area (Å²) in [4.78, 5) is 4.80. The second-order valence-electron chi connectivity index (χ2n) is 10.2. The number of benzene rings is 1. The molecule has 6 rings (SSSR count). The topological polar surface area (TPSA) is 53.9 Å². The van der Waals surface area contributed by atoms with Crippen molar-refractivity contribution in [3.05, 3.63) is 88.7 Å². The summed E-state index contributed by atoms with van der Waals surface area (Å²) in [5.41, 5.74) is 6.42. The van der Waals surface area contributed by atoms with Gasteiger partial charge >= 0.3 is 0 Å². The number of phenols is 1. The van der Waals surface area contributed by atoms with Gasteiger partial charge in [-0.2, -0.15) is 0 Å². The highest BCUT2D eigenvalue weighted by atomic mass is 16.5. The van der Waals surface area contributed by atoms with Gasteiger partial charge in [0, 0.05) is 17.3 Å². The molecule has 1 saturated carbocycles. The molecule has 0 saturated heterocycles. The Bertz CT molecular complexity index is 1150. The maximum Gasteiger partial charge on any atom is 0.213 e. The number of para-hydroxylation sites is 1. The number of ether oxygens (including phenoxy) is 1. The summed E-state index contributed by atoms with van der Waals surface area (Å²) in [7, 11) is 0. The zero-order valence-corrected chi connectivity index (χ0v) is 19.4. The third kappa shape index (κ3) is 3.56. The average molecular weight is 441 g/mol. The summed E-state index contributed by atoms with van der Waals surface area (Å²) in [6.07, 6.45) is 18.4. The van der Waals surface area contributed by atoms with E-state index in [0.29, 0.717) is 29.6 Å². The molecule has 0 radical (unpaired) electrons. The van der Waals surface area contributed by atoms with Gasteiger partial charge in [-0.15, -0.1) is 0 Å². The average Bonchev–Trinajstić information content (AvgIpc) is 2.82. The van der Waals surface area contributed by atoms with E-state index in [1.54, 1.807) is 11.6 Å². The van der Waals surface area contributed by atoms with Crippen LogP contribution in [0.2, 0.25) is 0 Å². The number of allylic oxidation sites excluding steroid dienone is 8.